The van der Waals surface area contributed by atoms with Crippen LogP contribution in [0.1, 0.15) is 48.2 Å². The lowest BCUT2D eigenvalue weighted by atomic mass is 10.0. The molecule has 0 bridgehead atoms. The van der Waals surface area contributed by atoms with E-state index in [0.717, 1.165) is 30.5 Å². The Labute approximate surface area is 145 Å². The number of nitrogens with zero attached hydrogens (tertiary/aromatic N) is 1. The molecule has 1 atom stereocenters. The second-order valence-electron chi connectivity index (χ2n) is 6.88. The quantitative estimate of drug-likeness (QED) is 0.614. The highest BCUT2D eigenvalue weighted by Gasteiger charge is 2.33. The van der Waals surface area contributed by atoms with Crippen molar-refractivity contribution in [3.63, 3.8) is 0 Å². The van der Waals surface area contributed by atoms with Gasteiger partial charge < -0.3 is 14.5 Å². The van der Waals surface area contributed by atoms with E-state index in [1.165, 1.54) is 7.11 Å². The second-order valence-corrected chi connectivity index (χ2v) is 6.88. The zero-order valence-corrected chi connectivity index (χ0v) is 16.0. The van der Waals surface area contributed by atoms with Crippen LogP contribution in [0.3, 0.4) is 0 Å². The number of aryl methyl sites for hydroxylation is 2. The van der Waals surface area contributed by atoms with Crippen molar-refractivity contribution in [2.75, 3.05) is 33.1 Å². The topological polar surface area (TPSA) is 55.4 Å². The maximum atomic E-state index is 12.9. The Bertz CT molecular complexity index is 609. The third kappa shape index (κ3) is 4.57. The Morgan fingerprint density at radius 2 is 1.83 bits per heavy atom. The molecule has 0 aliphatic carbocycles. The van der Waals surface area contributed by atoms with Gasteiger partial charge in [-0.05, 0) is 44.4 Å². The summed E-state index contributed by atoms with van der Waals surface area (Å²) in [6.07, 6.45) is 1.72. The maximum absolute atomic E-state index is 12.9. The number of nitrogens with one attached hydrogen (secondary N) is 1. The van der Waals surface area contributed by atoms with Crippen LogP contribution in [-0.4, -0.2) is 50.2 Å². The zero-order chi connectivity index (χ0) is 18.5. The van der Waals surface area contributed by atoms with Crippen LogP contribution >= 0.6 is 0 Å². The Balaban J connectivity index is 3.23. The predicted octanol–water partition coefficient (Wildman–Crippen LogP) is 3.29. The highest BCUT2D eigenvalue weighted by molar-refractivity contribution is 6.03. The number of quaternary nitrogens is 1. The summed E-state index contributed by atoms with van der Waals surface area (Å²) in [7, 11) is 5.47. The fraction of sp³-hybridized carbons (Fsp3) is 0.579. The summed E-state index contributed by atoms with van der Waals surface area (Å²) >= 11 is 0. The molecule has 0 aliphatic rings. The van der Waals surface area contributed by atoms with Crippen LogP contribution in [0.15, 0.2) is 12.1 Å². The molecule has 0 saturated heterocycles. The number of hydrogen-bond donors (Lipinski definition) is 1. The monoisotopic (exact) mass is 335 g/mol. The zero-order valence-electron chi connectivity index (χ0n) is 16.0. The lowest BCUT2D eigenvalue weighted by Gasteiger charge is -2.36. The average Bonchev–Trinajstić information content (AvgIpc) is 2.53. The van der Waals surface area contributed by atoms with Gasteiger partial charge in [-0.25, -0.2) is 4.79 Å². The maximum Gasteiger partial charge on any atom is 0.339 e. The summed E-state index contributed by atoms with van der Waals surface area (Å²) in [5.74, 6) is -0.491. The number of benzene rings is 1. The van der Waals surface area contributed by atoms with Crippen LogP contribution in [0.2, 0.25) is 0 Å². The van der Waals surface area contributed by atoms with Crippen LogP contribution in [0.4, 0.5) is 5.69 Å². The molecule has 24 heavy (non-hydrogen) atoms. The van der Waals surface area contributed by atoms with E-state index in [-0.39, 0.29) is 11.9 Å². The first-order valence-corrected chi connectivity index (χ1v) is 8.51. The molecule has 0 fully saturated rings. The number of carbonyl (C=O) groups excluding carboxylic acids is 2. The van der Waals surface area contributed by atoms with Crippen LogP contribution in [0.5, 0.6) is 0 Å². The van der Waals surface area contributed by atoms with E-state index in [1.54, 1.807) is 6.07 Å². The first-order chi connectivity index (χ1) is 11.2. The Morgan fingerprint density at radius 1 is 1.21 bits per heavy atom. The SMILES string of the molecule is CCCC(C(=O)Nc1c(C)cc(C)cc1C(=O)OC)[N+](C)(C)CC. The largest absolute Gasteiger partial charge is 0.465 e. The number of methoxy groups -OCH3 is 1. The van der Waals surface area contributed by atoms with Crippen LogP contribution in [0.25, 0.3) is 0 Å². The van der Waals surface area contributed by atoms with Gasteiger partial charge in [0.15, 0.2) is 6.04 Å². The van der Waals surface area contributed by atoms with Gasteiger partial charge in [-0.2, -0.15) is 0 Å². The third-order valence-electron chi connectivity index (χ3n) is 4.66. The Morgan fingerprint density at radius 3 is 2.33 bits per heavy atom. The Hall–Kier alpha value is -1.88. The van der Waals surface area contributed by atoms with Crippen molar-refractivity contribution in [3.8, 4) is 0 Å². The average molecular weight is 335 g/mol. The molecule has 1 amide bonds. The lowest BCUT2D eigenvalue weighted by molar-refractivity contribution is -0.904. The molecule has 0 aliphatic heterocycles. The predicted molar refractivity (Wildman–Crippen MR) is 97.2 cm³/mol. The fourth-order valence-electron chi connectivity index (χ4n) is 2.90. The van der Waals surface area contributed by atoms with E-state index in [4.69, 9.17) is 4.74 Å². The molecule has 1 aromatic carbocycles. The first-order valence-electron chi connectivity index (χ1n) is 8.51. The molecule has 0 radical (unpaired) electrons. The number of likely N-dealkylation sites (N-methyl/N-ethyl adjacent to an activating group) is 1. The summed E-state index contributed by atoms with van der Waals surface area (Å²) in [6.45, 7) is 8.82. The van der Waals surface area contributed by atoms with E-state index in [0.29, 0.717) is 15.7 Å². The van der Waals surface area contributed by atoms with Gasteiger partial charge in [0, 0.05) is 6.42 Å². The van der Waals surface area contributed by atoms with Gasteiger partial charge in [0.25, 0.3) is 5.91 Å². The van der Waals surface area contributed by atoms with Crippen LogP contribution in [0, 0.1) is 13.8 Å². The molecule has 0 heterocycles. The van der Waals surface area contributed by atoms with Crippen molar-refractivity contribution in [2.45, 2.75) is 46.6 Å². The fourth-order valence-corrected chi connectivity index (χ4v) is 2.90. The van der Waals surface area contributed by atoms with Gasteiger partial charge in [0.1, 0.15) is 0 Å². The van der Waals surface area contributed by atoms with Gasteiger partial charge in [-0.1, -0.05) is 13.0 Å². The van der Waals surface area contributed by atoms with Gasteiger partial charge in [-0.3, -0.25) is 4.79 Å². The molecule has 1 rings (SSSR count). The smallest absolute Gasteiger partial charge is 0.339 e. The summed E-state index contributed by atoms with van der Waals surface area (Å²) in [6, 6.07) is 3.55. The highest BCUT2D eigenvalue weighted by atomic mass is 16.5. The minimum Gasteiger partial charge on any atom is -0.465 e. The standard InChI is InChI=1S/C19H30N2O3/c1-8-10-16(21(5,6)9-2)18(22)20-17-14(4)11-13(3)12-15(17)19(23)24-7/h11-12,16H,8-10H2,1-7H3/p+1. The number of amides is 1. The number of carbonyl (C=O) groups is 2. The van der Waals surface area contributed by atoms with Crippen molar-refractivity contribution in [1.82, 2.24) is 0 Å². The first kappa shape index (κ1) is 20.2. The summed E-state index contributed by atoms with van der Waals surface area (Å²) in [4.78, 5) is 25.0. The van der Waals surface area contributed by atoms with Gasteiger partial charge in [-0.15, -0.1) is 0 Å². The van der Waals surface area contributed by atoms with Crippen molar-refractivity contribution >= 4 is 17.6 Å². The van der Waals surface area contributed by atoms with Crippen molar-refractivity contribution in [2.24, 2.45) is 0 Å². The van der Waals surface area contributed by atoms with Crippen LogP contribution in [-0.2, 0) is 9.53 Å². The van der Waals surface area contributed by atoms with Crippen molar-refractivity contribution < 1.29 is 18.8 Å². The molecule has 1 N–H and O–H groups in total. The second kappa shape index (κ2) is 8.29. The third-order valence-corrected chi connectivity index (χ3v) is 4.66. The van der Waals surface area contributed by atoms with E-state index >= 15 is 0 Å². The number of rotatable bonds is 7. The minimum absolute atomic E-state index is 0.0548. The molecule has 0 saturated carbocycles. The van der Waals surface area contributed by atoms with Gasteiger partial charge in [0.05, 0.1) is 39.0 Å². The van der Waals surface area contributed by atoms with Crippen LogP contribution < -0.4 is 5.32 Å². The molecule has 5 nitrogen and oxygen atoms in total. The molecule has 134 valence electrons. The molecule has 5 heteroatoms. The van der Waals surface area contributed by atoms with Crippen molar-refractivity contribution in [1.29, 1.82) is 0 Å². The molecule has 1 aromatic rings. The normalized spacial score (nSPS) is 12.6. The summed E-state index contributed by atoms with van der Waals surface area (Å²) in [5.41, 5.74) is 2.77. The van der Waals surface area contributed by atoms with E-state index < -0.39 is 5.97 Å². The minimum atomic E-state index is -0.437. The number of esters is 1. The molecule has 1 unspecified atom stereocenters. The Kier molecular flexibility index (Phi) is 6.96. The van der Waals surface area contributed by atoms with E-state index in [1.807, 2.05) is 19.9 Å². The summed E-state index contributed by atoms with van der Waals surface area (Å²) < 4.78 is 5.48. The highest BCUT2D eigenvalue weighted by Crippen LogP contribution is 2.25. The van der Waals surface area contributed by atoms with E-state index in [9.17, 15) is 9.59 Å². The van der Waals surface area contributed by atoms with Gasteiger partial charge in [0.2, 0.25) is 0 Å². The molecule has 0 spiro atoms. The molecular weight excluding hydrogens is 304 g/mol. The lowest BCUT2D eigenvalue weighted by Crippen LogP contribution is -2.54. The molecular formula is C19H31N2O3+. The molecule has 0 aromatic heterocycles. The van der Waals surface area contributed by atoms with Gasteiger partial charge >= 0.3 is 5.97 Å². The van der Waals surface area contributed by atoms with E-state index in [2.05, 4.69) is 33.3 Å². The summed E-state index contributed by atoms with van der Waals surface area (Å²) in [5, 5.41) is 2.99. The number of ether oxygens (including phenoxy) is 1. The van der Waals surface area contributed by atoms with Crippen molar-refractivity contribution in [3.05, 3.63) is 28.8 Å². The number of anilines is 1. The number of hydrogen-bond acceptors (Lipinski definition) is 3.